The van der Waals surface area contributed by atoms with Crippen molar-refractivity contribution in [3.05, 3.63) is 64.7 Å². The summed E-state index contributed by atoms with van der Waals surface area (Å²) in [5.74, 6) is 0.0252. The number of nitrogens with one attached hydrogen (secondary N) is 2. The molecule has 0 radical (unpaired) electrons. The highest BCUT2D eigenvalue weighted by Crippen LogP contribution is 2.25. The van der Waals surface area contributed by atoms with Gasteiger partial charge in [-0.05, 0) is 67.7 Å². The van der Waals surface area contributed by atoms with Gasteiger partial charge >= 0.3 is 5.97 Å². The summed E-state index contributed by atoms with van der Waals surface area (Å²) in [6.45, 7) is 10.6. The maximum atomic E-state index is 12.0. The number of aryl methyl sites for hydroxylation is 2. The second-order valence-electron chi connectivity index (χ2n) is 6.93. The smallest absolute Gasteiger partial charge is 0.338 e. The topological polar surface area (TPSA) is 50.4 Å². The molecule has 27 heavy (non-hydrogen) atoms. The number of carbonyl (C=O) groups excluding carboxylic acids is 1. The predicted molar refractivity (Wildman–Crippen MR) is 115 cm³/mol. The number of hydrogen-bond acceptors (Lipinski definition) is 3. The predicted octanol–water partition coefficient (Wildman–Crippen LogP) is 5.16. The summed E-state index contributed by atoms with van der Waals surface area (Å²) in [5.41, 5.74) is 4.77. The van der Waals surface area contributed by atoms with Crippen LogP contribution in [0.1, 0.15) is 53.9 Å². The van der Waals surface area contributed by atoms with Crippen molar-refractivity contribution < 1.29 is 9.53 Å². The molecule has 0 amide bonds. The first-order valence-corrected chi connectivity index (χ1v) is 9.65. The van der Waals surface area contributed by atoms with Crippen LogP contribution in [-0.4, -0.2) is 17.7 Å². The Labute approximate surface area is 167 Å². The zero-order valence-corrected chi connectivity index (χ0v) is 17.4. The van der Waals surface area contributed by atoms with Gasteiger partial charge in [-0.3, -0.25) is 0 Å². The van der Waals surface area contributed by atoms with Gasteiger partial charge in [0.05, 0.1) is 18.2 Å². The third-order valence-electron chi connectivity index (χ3n) is 4.47. The molecule has 0 unspecified atom stereocenters. The van der Waals surface area contributed by atoms with E-state index in [1.807, 2.05) is 25.1 Å². The lowest BCUT2D eigenvalue weighted by Crippen LogP contribution is -2.35. The average molecular weight is 385 g/mol. The Morgan fingerprint density at radius 2 is 1.81 bits per heavy atom. The van der Waals surface area contributed by atoms with E-state index in [1.54, 1.807) is 19.1 Å². The first kappa shape index (κ1) is 20.9. The first-order chi connectivity index (χ1) is 12.8. The monoisotopic (exact) mass is 384 g/mol. The number of thiocarbonyl (C=S) groups is 1. The van der Waals surface area contributed by atoms with Gasteiger partial charge in [0.2, 0.25) is 0 Å². The molecular weight excluding hydrogens is 356 g/mol. The highest BCUT2D eigenvalue weighted by Gasteiger charge is 2.19. The molecule has 2 aromatic carbocycles. The number of carbonyl (C=O) groups is 1. The van der Waals surface area contributed by atoms with Gasteiger partial charge in [0, 0.05) is 5.69 Å². The van der Waals surface area contributed by atoms with Crippen LogP contribution in [0.4, 0.5) is 5.69 Å². The van der Waals surface area contributed by atoms with Crippen LogP contribution in [0.25, 0.3) is 0 Å². The number of esters is 1. The molecule has 0 saturated heterocycles. The summed E-state index contributed by atoms with van der Waals surface area (Å²) in [4.78, 5) is 12.0. The summed E-state index contributed by atoms with van der Waals surface area (Å²) < 4.78 is 5.08. The maximum absolute atomic E-state index is 12.0. The van der Waals surface area contributed by atoms with Crippen molar-refractivity contribution in [3.63, 3.8) is 0 Å². The molecule has 0 saturated carbocycles. The molecule has 0 aliphatic rings. The summed E-state index contributed by atoms with van der Waals surface area (Å²) in [6, 6.07) is 13.8. The quantitative estimate of drug-likeness (QED) is 0.532. The van der Waals surface area contributed by atoms with Crippen molar-refractivity contribution >= 4 is 29.0 Å². The molecule has 144 valence electrons. The molecule has 1 atom stereocenters. The Bertz CT molecular complexity index is 818. The molecule has 2 N–H and O–H groups in total. The fourth-order valence-electron chi connectivity index (χ4n) is 2.94. The standard InChI is InChI=1S/C22H28N2O2S/c1-6-26-21(25)17-12-11-16(5)19(13-17)23-22(27)24-20(14(2)3)18-10-8-7-9-15(18)4/h7-14,20H,6H2,1-5H3,(H2,23,24,27)/t20-/m1/s1. The fraction of sp³-hybridized carbons (Fsp3) is 0.364. The molecule has 0 bridgehead atoms. The van der Waals surface area contributed by atoms with Crippen molar-refractivity contribution in [1.82, 2.24) is 5.32 Å². The maximum Gasteiger partial charge on any atom is 0.338 e. The molecule has 5 heteroatoms. The molecule has 0 fully saturated rings. The van der Waals surface area contributed by atoms with E-state index in [0.29, 0.717) is 23.2 Å². The van der Waals surface area contributed by atoms with Crippen molar-refractivity contribution in [2.45, 2.75) is 40.7 Å². The second-order valence-corrected chi connectivity index (χ2v) is 7.34. The van der Waals surface area contributed by atoms with E-state index in [9.17, 15) is 4.79 Å². The van der Waals surface area contributed by atoms with Gasteiger partial charge < -0.3 is 15.4 Å². The Balaban J connectivity index is 2.17. The molecule has 0 aliphatic carbocycles. The van der Waals surface area contributed by atoms with Gasteiger partial charge in [-0.15, -0.1) is 0 Å². The van der Waals surface area contributed by atoms with E-state index in [-0.39, 0.29) is 12.0 Å². The average Bonchev–Trinajstić information content (AvgIpc) is 2.62. The zero-order valence-electron chi connectivity index (χ0n) is 16.6. The molecule has 0 spiro atoms. The van der Waals surface area contributed by atoms with Gasteiger partial charge in [-0.1, -0.05) is 44.2 Å². The van der Waals surface area contributed by atoms with Gasteiger partial charge in [0.15, 0.2) is 5.11 Å². The second kappa shape index (κ2) is 9.51. The van der Waals surface area contributed by atoms with Crippen molar-refractivity contribution in [2.75, 3.05) is 11.9 Å². The van der Waals surface area contributed by atoms with Crippen LogP contribution in [0.2, 0.25) is 0 Å². The van der Waals surface area contributed by atoms with E-state index >= 15 is 0 Å². The summed E-state index contributed by atoms with van der Waals surface area (Å²) in [5, 5.41) is 7.19. The molecule has 0 aliphatic heterocycles. The van der Waals surface area contributed by atoms with Crippen molar-refractivity contribution in [2.24, 2.45) is 5.92 Å². The third kappa shape index (κ3) is 5.54. The van der Waals surface area contributed by atoms with Gasteiger partial charge in [0.1, 0.15) is 0 Å². The molecular formula is C22H28N2O2S. The summed E-state index contributed by atoms with van der Waals surface area (Å²) in [7, 11) is 0. The summed E-state index contributed by atoms with van der Waals surface area (Å²) in [6.07, 6.45) is 0. The van der Waals surface area contributed by atoms with E-state index in [4.69, 9.17) is 17.0 Å². The van der Waals surface area contributed by atoms with Crippen LogP contribution in [-0.2, 0) is 4.74 Å². The van der Waals surface area contributed by atoms with Crippen LogP contribution < -0.4 is 10.6 Å². The van der Waals surface area contributed by atoms with Crippen LogP contribution in [0.5, 0.6) is 0 Å². The fourth-order valence-corrected chi connectivity index (χ4v) is 3.17. The molecule has 0 heterocycles. The summed E-state index contributed by atoms with van der Waals surface area (Å²) >= 11 is 5.56. The lowest BCUT2D eigenvalue weighted by molar-refractivity contribution is 0.0526. The number of hydrogen-bond donors (Lipinski definition) is 2. The molecule has 0 aromatic heterocycles. The Kier molecular flexibility index (Phi) is 7.36. The normalized spacial score (nSPS) is 11.8. The number of ether oxygens (including phenoxy) is 1. The Morgan fingerprint density at radius 1 is 1.11 bits per heavy atom. The van der Waals surface area contributed by atoms with Crippen molar-refractivity contribution in [1.29, 1.82) is 0 Å². The minimum Gasteiger partial charge on any atom is -0.462 e. The number of anilines is 1. The minimum absolute atomic E-state index is 0.0970. The van der Waals surface area contributed by atoms with Crippen LogP contribution in [0.3, 0.4) is 0 Å². The lowest BCUT2D eigenvalue weighted by atomic mass is 9.93. The van der Waals surface area contributed by atoms with Crippen molar-refractivity contribution in [3.8, 4) is 0 Å². The van der Waals surface area contributed by atoms with Crippen LogP contribution >= 0.6 is 12.2 Å². The van der Waals surface area contributed by atoms with E-state index in [2.05, 4.69) is 43.5 Å². The van der Waals surface area contributed by atoms with E-state index in [0.717, 1.165) is 11.3 Å². The molecule has 2 aromatic rings. The van der Waals surface area contributed by atoms with Crippen LogP contribution in [0, 0.1) is 19.8 Å². The Morgan fingerprint density at radius 3 is 2.44 bits per heavy atom. The highest BCUT2D eigenvalue weighted by atomic mass is 32.1. The van der Waals surface area contributed by atoms with Gasteiger partial charge in [-0.25, -0.2) is 4.79 Å². The van der Waals surface area contributed by atoms with Crippen LogP contribution in [0.15, 0.2) is 42.5 Å². The van der Waals surface area contributed by atoms with Gasteiger partial charge in [-0.2, -0.15) is 0 Å². The highest BCUT2D eigenvalue weighted by molar-refractivity contribution is 7.80. The van der Waals surface area contributed by atoms with E-state index in [1.165, 1.54) is 11.1 Å². The zero-order chi connectivity index (χ0) is 20.0. The Hall–Kier alpha value is -2.40. The number of rotatable bonds is 6. The lowest BCUT2D eigenvalue weighted by Gasteiger charge is -2.26. The van der Waals surface area contributed by atoms with Gasteiger partial charge in [0.25, 0.3) is 0 Å². The number of benzene rings is 2. The molecule has 2 rings (SSSR count). The largest absolute Gasteiger partial charge is 0.462 e. The molecule has 4 nitrogen and oxygen atoms in total. The van der Waals surface area contributed by atoms with E-state index < -0.39 is 0 Å². The SMILES string of the molecule is CCOC(=O)c1ccc(C)c(NC(=S)N[C@@H](c2ccccc2C)C(C)C)c1. The third-order valence-corrected chi connectivity index (χ3v) is 4.69. The minimum atomic E-state index is -0.334. The first-order valence-electron chi connectivity index (χ1n) is 9.24.